The second-order valence-corrected chi connectivity index (χ2v) is 5.16. The second-order valence-electron chi connectivity index (χ2n) is 4.18. The molecule has 0 bridgehead atoms. The Kier molecular flexibility index (Phi) is 4.61. The van der Waals surface area contributed by atoms with Crippen molar-refractivity contribution in [3.63, 3.8) is 0 Å². The Labute approximate surface area is 112 Å². The van der Waals surface area contributed by atoms with Crippen LogP contribution < -0.4 is 11.3 Å². The van der Waals surface area contributed by atoms with E-state index >= 15 is 0 Å². The van der Waals surface area contributed by atoms with Gasteiger partial charge in [-0.2, -0.15) is 11.8 Å². The zero-order chi connectivity index (χ0) is 12.8. The predicted molar refractivity (Wildman–Crippen MR) is 78.2 cm³/mol. The lowest BCUT2D eigenvalue weighted by Crippen LogP contribution is -2.08. The molecule has 0 unspecified atom stereocenters. The van der Waals surface area contributed by atoms with Crippen LogP contribution in [0.3, 0.4) is 0 Å². The molecular weight excluding hydrogens is 242 g/mol. The van der Waals surface area contributed by atoms with Crippen LogP contribution >= 0.6 is 11.8 Å². The lowest BCUT2D eigenvalue weighted by atomic mass is 10.2. The average Bonchev–Trinajstić information content (AvgIpc) is 2.40. The van der Waals surface area contributed by atoms with Crippen LogP contribution in [0.15, 0.2) is 42.6 Å². The third-order valence-electron chi connectivity index (χ3n) is 2.59. The minimum Gasteiger partial charge on any atom is -0.308 e. The lowest BCUT2D eigenvalue weighted by molar-refractivity contribution is 1.19. The Bertz CT molecular complexity index is 497. The molecule has 0 spiro atoms. The fourth-order valence-corrected chi connectivity index (χ4v) is 2.61. The number of hydrazine groups is 1. The third kappa shape index (κ3) is 3.75. The summed E-state index contributed by atoms with van der Waals surface area (Å²) in [6, 6.07) is 12.6. The molecule has 0 amide bonds. The normalized spacial score (nSPS) is 10.3. The van der Waals surface area contributed by atoms with E-state index in [-0.39, 0.29) is 0 Å². The maximum Gasteiger partial charge on any atom is 0.139 e. The summed E-state index contributed by atoms with van der Waals surface area (Å²) in [6.07, 6.45) is 1.86. The highest BCUT2D eigenvalue weighted by Crippen LogP contribution is 2.18. The molecule has 0 atom stereocenters. The van der Waals surface area contributed by atoms with E-state index in [4.69, 9.17) is 5.84 Å². The summed E-state index contributed by atoms with van der Waals surface area (Å²) in [7, 11) is 0. The van der Waals surface area contributed by atoms with Crippen LogP contribution in [0, 0.1) is 6.92 Å². The van der Waals surface area contributed by atoms with Gasteiger partial charge in [-0.25, -0.2) is 10.8 Å². The number of nitrogens with one attached hydrogen (secondary N) is 1. The monoisotopic (exact) mass is 259 g/mol. The number of nitrogen functional groups attached to an aromatic ring is 1. The van der Waals surface area contributed by atoms with Gasteiger partial charge in [0.25, 0.3) is 0 Å². The number of rotatable bonds is 5. The van der Waals surface area contributed by atoms with Crippen LogP contribution in [0.2, 0.25) is 0 Å². The van der Waals surface area contributed by atoms with Crippen LogP contribution in [-0.4, -0.2) is 4.98 Å². The van der Waals surface area contributed by atoms with Crippen molar-refractivity contribution in [1.29, 1.82) is 0 Å². The molecule has 1 heterocycles. The highest BCUT2D eigenvalue weighted by atomic mass is 32.2. The van der Waals surface area contributed by atoms with Crippen molar-refractivity contribution in [3.05, 3.63) is 59.3 Å². The first-order valence-corrected chi connectivity index (χ1v) is 6.98. The zero-order valence-electron chi connectivity index (χ0n) is 10.4. The summed E-state index contributed by atoms with van der Waals surface area (Å²) in [4.78, 5) is 4.19. The first-order chi connectivity index (χ1) is 8.78. The fraction of sp³-hybridized carbons (Fsp3) is 0.214. The molecular formula is C14H17N3S. The van der Waals surface area contributed by atoms with E-state index in [2.05, 4.69) is 41.6 Å². The van der Waals surface area contributed by atoms with Gasteiger partial charge < -0.3 is 5.43 Å². The predicted octanol–water partition coefficient (Wildman–Crippen LogP) is 3.11. The van der Waals surface area contributed by atoms with Crippen molar-refractivity contribution in [2.24, 2.45) is 5.84 Å². The first kappa shape index (κ1) is 12.9. The smallest absolute Gasteiger partial charge is 0.139 e. The van der Waals surface area contributed by atoms with Crippen molar-refractivity contribution in [1.82, 2.24) is 4.98 Å². The number of aryl methyl sites for hydroxylation is 1. The second kappa shape index (κ2) is 6.42. The first-order valence-electron chi connectivity index (χ1n) is 5.83. The SMILES string of the molecule is Cc1cccc(CSCc2ccc(NN)nc2)c1. The van der Waals surface area contributed by atoms with Gasteiger partial charge in [-0.3, -0.25) is 0 Å². The molecule has 0 radical (unpaired) electrons. The van der Waals surface area contributed by atoms with Crippen molar-refractivity contribution in [2.75, 3.05) is 5.43 Å². The van der Waals surface area contributed by atoms with E-state index in [1.807, 2.05) is 30.1 Å². The summed E-state index contributed by atoms with van der Waals surface area (Å²) in [6.45, 7) is 2.12. The molecule has 0 aliphatic heterocycles. The van der Waals surface area contributed by atoms with Gasteiger partial charge in [0.15, 0.2) is 0 Å². The van der Waals surface area contributed by atoms with E-state index < -0.39 is 0 Å². The van der Waals surface area contributed by atoms with Crippen molar-refractivity contribution in [2.45, 2.75) is 18.4 Å². The van der Waals surface area contributed by atoms with Crippen LogP contribution in [0.5, 0.6) is 0 Å². The van der Waals surface area contributed by atoms with Gasteiger partial charge in [-0.05, 0) is 24.1 Å². The number of benzene rings is 1. The maximum absolute atomic E-state index is 5.27. The molecule has 3 nitrogen and oxygen atoms in total. The summed E-state index contributed by atoms with van der Waals surface area (Å²) in [5.74, 6) is 7.96. The summed E-state index contributed by atoms with van der Waals surface area (Å²) in [5, 5.41) is 0. The number of hydrogen-bond donors (Lipinski definition) is 2. The van der Waals surface area contributed by atoms with Crippen molar-refractivity contribution < 1.29 is 0 Å². The van der Waals surface area contributed by atoms with Crippen LogP contribution in [0.25, 0.3) is 0 Å². The Balaban J connectivity index is 1.84. The Morgan fingerprint density at radius 2 is 2.00 bits per heavy atom. The van der Waals surface area contributed by atoms with Gasteiger partial charge in [-0.1, -0.05) is 35.9 Å². The largest absolute Gasteiger partial charge is 0.308 e. The number of nitrogens with zero attached hydrogens (tertiary/aromatic N) is 1. The summed E-state index contributed by atoms with van der Waals surface area (Å²) < 4.78 is 0. The van der Waals surface area contributed by atoms with E-state index in [9.17, 15) is 0 Å². The topological polar surface area (TPSA) is 50.9 Å². The molecule has 1 aromatic heterocycles. The zero-order valence-corrected chi connectivity index (χ0v) is 11.2. The molecule has 2 rings (SSSR count). The standard InChI is InChI=1S/C14H17N3S/c1-11-3-2-4-12(7-11)9-18-10-13-5-6-14(17-15)16-8-13/h2-8H,9-10,15H2,1H3,(H,16,17). The third-order valence-corrected chi connectivity index (χ3v) is 3.67. The number of aromatic nitrogens is 1. The van der Waals surface area contributed by atoms with Gasteiger partial charge in [-0.15, -0.1) is 0 Å². The molecule has 94 valence electrons. The van der Waals surface area contributed by atoms with E-state index in [0.29, 0.717) is 5.82 Å². The fourth-order valence-electron chi connectivity index (χ4n) is 1.68. The van der Waals surface area contributed by atoms with E-state index in [1.165, 1.54) is 16.7 Å². The molecule has 0 saturated heterocycles. The van der Waals surface area contributed by atoms with Crippen LogP contribution in [-0.2, 0) is 11.5 Å². The minimum atomic E-state index is 0.697. The van der Waals surface area contributed by atoms with Crippen molar-refractivity contribution >= 4 is 17.6 Å². The summed E-state index contributed by atoms with van der Waals surface area (Å²) in [5.41, 5.74) is 6.42. The highest BCUT2D eigenvalue weighted by molar-refractivity contribution is 7.97. The maximum atomic E-state index is 5.27. The molecule has 1 aromatic carbocycles. The Hall–Kier alpha value is -1.52. The minimum absolute atomic E-state index is 0.697. The number of nitrogens with two attached hydrogens (primary N) is 1. The van der Waals surface area contributed by atoms with Crippen LogP contribution in [0.1, 0.15) is 16.7 Å². The van der Waals surface area contributed by atoms with Gasteiger partial charge >= 0.3 is 0 Å². The Morgan fingerprint density at radius 1 is 1.17 bits per heavy atom. The molecule has 2 aromatic rings. The molecule has 0 saturated carbocycles. The van der Waals surface area contributed by atoms with Crippen LogP contribution in [0.4, 0.5) is 5.82 Å². The van der Waals surface area contributed by atoms with Gasteiger partial charge in [0, 0.05) is 17.7 Å². The number of pyridine rings is 1. The Morgan fingerprint density at radius 3 is 2.67 bits per heavy atom. The molecule has 0 aliphatic carbocycles. The van der Waals surface area contributed by atoms with Crippen molar-refractivity contribution in [3.8, 4) is 0 Å². The molecule has 0 aliphatic rings. The molecule has 4 heteroatoms. The molecule has 0 fully saturated rings. The highest BCUT2D eigenvalue weighted by Gasteiger charge is 1.97. The number of hydrogen-bond acceptors (Lipinski definition) is 4. The quantitative estimate of drug-likeness (QED) is 0.640. The number of thioether (sulfide) groups is 1. The van der Waals surface area contributed by atoms with E-state index in [1.54, 1.807) is 0 Å². The van der Waals surface area contributed by atoms with Gasteiger partial charge in [0.1, 0.15) is 5.82 Å². The molecule has 3 N–H and O–H groups in total. The van der Waals surface area contributed by atoms with Gasteiger partial charge in [0.05, 0.1) is 0 Å². The number of anilines is 1. The van der Waals surface area contributed by atoms with E-state index in [0.717, 1.165) is 11.5 Å². The summed E-state index contributed by atoms with van der Waals surface area (Å²) >= 11 is 1.89. The average molecular weight is 259 g/mol. The van der Waals surface area contributed by atoms with Gasteiger partial charge in [0.2, 0.25) is 0 Å². The molecule has 18 heavy (non-hydrogen) atoms. The lowest BCUT2D eigenvalue weighted by Gasteiger charge is -2.04.